The molecule has 0 saturated carbocycles. The van der Waals surface area contributed by atoms with Crippen LogP contribution in [-0.2, 0) is 9.53 Å². The number of ketones is 1. The Labute approximate surface area is 204 Å². The maximum absolute atomic E-state index is 12.6. The summed E-state index contributed by atoms with van der Waals surface area (Å²) in [6, 6.07) is 13.8. The zero-order chi connectivity index (χ0) is 23.1. The van der Waals surface area contributed by atoms with Crippen LogP contribution in [0.5, 0.6) is 11.5 Å². The fraction of sp³-hybridized carbons (Fsp3) is 0.292. The van der Waals surface area contributed by atoms with Gasteiger partial charge in [-0.1, -0.05) is 23.9 Å². The van der Waals surface area contributed by atoms with E-state index in [4.69, 9.17) is 19.2 Å². The van der Waals surface area contributed by atoms with Gasteiger partial charge in [0.15, 0.2) is 11.0 Å². The zero-order valence-corrected chi connectivity index (χ0v) is 20.5. The standard InChI is InChI=1S/C24H26N2O5S.ClH/c1-5-31-23(28)21-15(2)25-24(26-22(21)17-8-12-19(30-4)13-9-17)32-14-20(27)16-6-10-18(29-3)11-7-16;/h6-13,22H,5,14H2,1-4H3,(H,25,26);1H. The Hall–Kier alpha value is -2.97. The molecule has 176 valence electrons. The van der Waals surface area contributed by atoms with E-state index in [9.17, 15) is 9.59 Å². The number of aliphatic imine (C=N–C) groups is 1. The summed E-state index contributed by atoms with van der Waals surface area (Å²) in [4.78, 5) is 30.0. The van der Waals surface area contributed by atoms with Crippen LogP contribution in [0.15, 0.2) is 64.8 Å². The fourth-order valence-corrected chi connectivity index (χ4v) is 4.06. The van der Waals surface area contributed by atoms with Crippen LogP contribution in [0.2, 0.25) is 0 Å². The average Bonchev–Trinajstić information content (AvgIpc) is 2.82. The molecule has 0 aromatic heterocycles. The number of nitrogens with zero attached hydrogens (tertiary/aromatic N) is 1. The lowest BCUT2D eigenvalue weighted by molar-refractivity contribution is -0.138. The van der Waals surface area contributed by atoms with E-state index in [0.29, 0.717) is 33.5 Å². The number of esters is 1. The van der Waals surface area contributed by atoms with Gasteiger partial charge in [0.2, 0.25) is 0 Å². The van der Waals surface area contributed by atoms with E-state index in [1.54, 1.807) is 45.4 Å². The van der Waals surface area contributed by atoms with Crippen LogP contribution in [0.3, 0.4) is 0 Å². The number of nitrogens with one attached hydrogen (secondary N) is 1. The number of rotatable bonds is 8. The number of allylic oxidation sites excluding steroid dienone is 1. The normalized spacial score (nSPS) is 15.0. The number of benzene rings is 2. The van der Waals surface area contributed by atoms with Crippen molar-refractivity contribution in [1.82, 2.24) is 5.32 Å². The van der Waals surface area contributed by atoms with Gasteiger partial charge in [-0.25, -0.2) is 9.79 Å². The lowest BCUT2D eigenvalue weighted by atomic mass is 9.96. The van der Waals surface area contributed by atoms with Gasteiger partial charge >= 0.3 is 5.97 Å². The van der Waals surface area contributed by atoms with Gasteiger partial charge in [-0.2, -0.15) is 0 Å². The van der Waals surface area contributed by atoms with Gasteiger partial charge < -0.3 is 19.5 Å². The first-order valence-corrected chi connectivity index (χ1v) is 11.1. The summed E-state index contributed by atoms with van der Waals surface area (Å²) in [6.45, 7) is 3.84. The third-order valence-electron chi connectivity index (χ3n) is 4.90. The maximum Gasteiger partial charge on any atom is 0.338 e. The Bertz CT molecular complexity index is 1040. The van der Waals surface area contributed by atoms with Crippen molar-refractivity contribution < 1.29 is 23.8 Å². The minimum Gasteiger partial charge on any atom is -0.497 e. The van der Waals surface area contributed by atoms with E-state index in [1.165, 1.54) is 11.8 Å². The van der Waals surface area contributed by atoms with Crippen molar-refractivity contribution in [2.75, 3.05) is 26.6 Å². The maximum atomic E-state index is 12.6. The molecule has 0 fully saturated rings. The quantitative estimate of drug-likeness (QED) is 0.428. The second-order valence-corrected chi connectivity index (χ2v) is 7.90. The van der Waals surface area contributed by atoms with Crippen molar-refractivity contribution in [2.24, 2.45) is 4.99 Å². The molecule has 1 heterocycles. The first kappa shape index (κ1) is 26.3. The number of hydrogen-bond acceptors (Lipinski definition) is 8. The first-order valence-electron chi connectivity index (χ1n) is 10.1. The molecular formula is C24H27ClN2O5S. The van der Waals surface area contributed by atoms with Gasteiger partial charge in [-0.15, -0.1) is 12.4 Å². The van der Waals surface area contributed by atoms with E-state index in [2.05, 4.69) is 5.32 Å². The number of ether oxygens (including phenoxy) is 3. The van der Waals surface area contributed by atoms with Crippen molar-refractivity contribution in [3.63, 3.8) is 0 Å². The molecule has 1 aliphatic rings. The molecule has 0 spiro atoms. The lowest BCUT2D eigenvalue weighted by Crippen LogP contribution is -2.31. The zero-order valence-electron chi connectivity index (χ0n) is 18.9. The van der Waals surface area contributed by atoms with Crippen molar-refractivity contribution >= 4 is 41.1 Å². The number of methoxy groups -OCH3 is 2. The Morgan fingerprint density at radius 2 is 1.58 bits per heavy atom. The number of thioether (sulfide) groups is 1. The Balaban J connectivity index is 0.00000385. The van der Waals surface area contributed by atoms with Crippen LogP contribution in [-0.4, -0.2) is 43.5 Å². The van der Waals surface area contributed by atoms with Crippen LogP contribution < -0.4 is 14.8 Å². The molecule has 0 saturated heterocycles. The van der Waals surface area contributed by atoms with Crippen molar-refractivity contribution in [1.29, 1.82) is 0 Å². The third kappa shape index (κ3) is 6.52. The summed E-state index contributed by atoms with van der Waals surface area (Å²) in [5, 5.41) is 3.72. The van der Waals surface area contributed by atoms with Gasteiger partial charge in [0, 0.05) is 11.3 Å². The lowest BCUT2D eigenvalue weighted by Gasteiger charge is -2.25. The molecule has 7 nitrogen and oxygen atoms in total. The van der Waals surface area contributed by atoms with Crippen LogP contribution in [0.25, 0.3) is 0 Å². The van der Waals surface area contributed by atoms with E-state index in [0.717, 1.165) is 5.56 Å². The second-order valence-electron chi connectivity index (χ2n) is 6.93. The molecule has 0 aliphatic carbocycles. The number of halogens is 1. The monoisotopic (exact) mass is 490 g/mol. The molecule has 0 bridgehead atoms. The molecule has 0 radical (unpaired) electrons. The molecule has 1 atom stereocenters. The molecule has 2 aromatic carbocycles. The van der Waals surface area contributed by atoms with Gasteiger partial charge in [0.25, 0.3) is 0 Å². The minimum atomic E-state index is -0.542. The third-order valence-corrected chi connectivity index (χ3v) is 5.78. The summed E-state index contributed by atoms with van der Waals surface area (Å²) in [5.41, 5.74) is 2.52. The molecule has 1 unspecified atom stereocenters. The predicted octanol–water partition coefficient (Wildman–Crippen LogP) is 4.58. The number of Topliss-reactive ketones (excluding diaryl/α,β-unsaturated/α-hetero) is 1. The van der Waals surface area contributed by atoms with Crippen molar-refractivity contribution in [3.05, 3.63) is 70.9 Å². The Kier molecular flexibility index (Phi) is 9.81. The highest BCUT2D eigenvalue weighted by Gasteiger charge is 2.30. The molecule has 0 amide bonds. The SMILES string of the molecule is CCOC(=O)C1=C(C)NC(SCC(=O)c2ccc(OC)cc2)=NC1c1ccc(OC)cc1.Cl. The Morgan fingerprint density at radius 3 is 2.12 bits per heavy atom. The highest BCUT2D eigenvalue weighted by atomic mass is 35.5. The summed E-state index contributed by atoms with van der Waals surface area (Å²) >= 11 is 1.29. The van der Waals surface area contributed by atoms with Crippen LogP contribution in [0.1, 0.15) is 35.8 Å². The molecule has 33 heavy (non-hydrogen) atoms. The molecule has 1 N–H and O–H groups in total. The minimum absolute atomic E-state index is 0. The highest BCUT2D eigenvalue weighted by molar-refractivity contribution is 8.14. The smallest absolute Gasteiger partial charge is 0.338 e. The molecular weight excluding hydrogens is 464 g/mol. The highest BCUT2D eigenvalue weighted by Crippen LogP contribution is 2.33. The summed E-state index contributed by atoms with van der Waals surface area (Å²) in [6.07, 6.45) is 0. The van der Waals surface area contributed by atoms with Gasteiger partial charge in [0.05, 0.1) is 32.2 Å². The summed E-state index contributed by atoms with van der Waals surface area (Å²) in [5.74, 6) is 1.17. The fourth-order valence-electron chi connectivity index (χ4n) is 3.22. The largest absolute Gasteiger partial charge is 0.497 e. The van der Waals surface area contributed by atoms with Crippen molar-refractivity contribution in [3.8, 4) is 11.5 Å². The van der Waals surface area contributed by atoms with Gasteiger partial charge in [-0.05, 0) is 55.8 Å². The van der Waals surface area contributed by atoms with Crippen molar-refractivity contribution in [2.45, 2.75) is 19.9 Å². The predicted molar refractivity (Wildman–Crippen MR) is 133 cm³/mol. The van der Waals surface area contributed by atoms with Crippen LogP contribution >= 0.6 is 24.2 Å². The van der Waals surface area contributed by atoms with E-state index in [1.807, 2.05) is 31.2 Å². The number of carbonyl (C=O) groups is 2. The van der Waals surface area contributed by atoms with Gasteiger partial charge in [0.1, 0.15) is 17.5 Å². The van der Waals surface area contributed by atoms with E-state index < -0.39 is 12.0 Å². The van der Waals surface area contributed by atoms with Crippen LogP contribution in [0, 0.1) is 0 Å². The summed E-state index contributed by atoms with van der Waals surface area (Å²) in [7, 11) is 3.18. The van der Waals surface area contributed by atoms with Crippen LogP contribution in [0.4, 0.5) is 0 Å². The molecule has 1 aliphatic heterocycles. The van der Waals surface area contributed by atoms with Gasteiger partial charge in [-0.3, -0.25) is 4.79 Å². The average molecular weight is 491 g/mol. The molecule has 3 rings (SSSR count). The second kappa shape index (κ2) is 12.3. The molecule has 2 aromatic rings. The number of hydrogen-bond donors (Lipinski definition) is 1. The number of amidine groups is 1. The van der Waals surface area contributed by atoms with E-state index >= 15 is 0 Å². The molecule has 9 heteroatoms. The number of carbonyl (C=O) groups excluding carboxylic acids is 2. The Morgan fingerprint density at radius 1 is 1.00 bits per heavy atom. The first-order chi connectivity index (χ1) is 15.5. The summed E-state index contributed by atoms with van der Waals surface area (Å²) < 4.78 is 15.6. The topological polar surface area (TPSA) is 86.2 Å². The van der Waals surface area contributed by atoms with E-state index in [-0.39, 0.29) is 30.6 Å².